The van der Waals surface area contributed by atoms with Crippen molar-refractivity contribution in [3.8, 4) is 0 Å². The Labute approximate surface area is 175 Å². The van der Waals surface area contributed by atoms with Crippen molar-refractivity contribution in [2.75, 3.05) is 11.9 Å². The van der Waals surface area contributed by atoms with Gasteiger partial charge in [0, 0.05) is 30.3 Å². The minimum Gasteiger partial charge on any atom is -0.370 e. The molecular weight excluding hydrogens is 384 g/mol. The van der Waals surface area contributed by atoms with Gasteiger partial charge in [-0.15, -0.1) is 0 Å². The van der Waals surface area contributed by atoms with Gasteiger partial charge in [0.05, 0.1) is 11.8 Å². The Balaban J connectivity index is 1.82. The van der Waals surface area contributed by atoms with E-state index in [4.69, 9.17) is 5.73 Å². The van der Waals surface area contributed by atoms with Crippen LogP contribution in [-0.4, -0.2) is 41.1 Å². The number of likely N-dealkylation sites (tertiary alicyclic amines) is 1. The normalized spacial score (nSPS) is 29.5. The topological polar surface area (TPSA) is 122 Å². The van der Waals surface area contributed by atoms with Crippen LogP contribution in [0.25, 0.3) is 0 Å². The Hall–Kier alpha value is -2.74. The third-order valence-corrected chi connectivity index (χ3v) is 6.75. The first-order valence-electron chi connectivity index (χ1n) is 10.7. The van der Waals surface area contributed by atoms with Crippen molar-refractivity contribution in [2.45, 2.75) is 57.5 Å². The van der Waals surface area contributed by atoms with Crippen LogP contribution in [0.2, 0.25) is 0 Å². The first-order valence-corrected chi connectivity index (χ1v) is 10.7. The third kappa shape index (κ3) is 2.77. The summed E-state index contributed by atoms with van der Waals surface area (Å²) in [7, 11) is 0. The molecule has 1 spiro atoms. The molecular formula is C22H28N4O4. The minimum absolute atomic E-state index is 0.0802. The SMILES string of the molecule is CCCCN1C(=O)C2C(CCC(N)=O)NC3(C(=O)Nc4c(CC)cccc43)C2C1=O. The number of nitrogens with one attached hydrogen (secondary N) is 2. The highest BCUT2D eigenvalue weighted by Gasteiger charge is 2.70. The molecule has 0 aromatic heterocycles. The molecule has 4 atom stereocenters. The van der Waals surface area contributed by atoms with Crippen LogP contribution in [0.3, 0.4) is 0 Å². The lowest BCUT2D eigenvalue weighted by molar-refractivity contribution is -0.143. The number of para-hydroxylation sites is 1. The number of carbonyl (C=O) groups excluding carboxylic acids is 4. The Kier molecular flexibility index (Phi) is 5.13. The van der Waals surface area contributed by atoms with Gasteiger partial charge in [-0.2, -0.15) is 0 Å². The number of fused-ring (bicyclic) bond motifs is 4. The van der Waals surface area contributed by atoms with Crippen LogP contribution in [0.1, 0.15) is 50.7 Å². The maximum Gasteiger partial charge on any atom is 0.250 e. The van der Waals surface area contributed by atoms with Crippen molar-refractivity contribution in [3.05, 3.63) is 29.3 Å². The first kappa shape index (κ1) is 20.5. The van der Waals surface area contributed by atoms with E-state index < -0.39 is 29.3 Å². The van der Waals surface area contributed by atoms with E-state index in [1.807, 2.05) is 32.0 Å². The Morgan fingerprint density at radius 1 is 1.20 bits per heavy atom. The second kappa shape index (κ2) is 7.50. The molecule has 30 heavy (non-hydrogen) atoms. The van der Waals surface area contributed by atoms with Crippen molar-refractivity contribution in [3.63, 3.8) is 0 Å². The smallest absolute Gasteiger partial charge is 0.250 e. The second-order valence-electron chi connectivity index (χ2n) is 8.40. The summed E-state index contributed by atoms with van der Waals surface area (Å²) >= 11 is 0. The van der Waals surface area contributed by atoms with Crippen LogP contribution in [0.4, 0.5) is 5.69 Å². The number of carbonyl (C=O) groups is 4. The van der Waals surface area contributed by atoms with E-state index in [1.165, 1.54) is 4.90 Å². The Morgan fingerprint density at radius 3 is 2.63 bits per heavy atom. The predicted molar refractivity (Wildman–Crippen MR) is 110 cm³/mol. The zero-order valence-corrected chi connectivity index (χ0v) is 17.4. The van der Waals surface area contributed by atoms with Gasteiger partial charge in [-0.05, 0) is 24.8 Å². The van der Waals surface area contributed by atoms with Gasteiger partial charge >= 0.3 is 0 Å². The monoisotopic (exact) mass is 412 g/mol. The number of primary amides is 1. The number of aryl methyl sites for hydroxylation is 1. The highest BCUT2D eigenvalue weighted by atomic mass is 16.2. The zero-order valence-electron chi connectivity index (χ0n) is 17.4. The number of nitrogens with two attached hydrogens (primary N) is 1. The molecule has 8 nitrogen and oxygen atoms in total. The molecule has 0 radical (unpaired) electrons. The lowest BCUT2D eigenvalue weighted by Gasteiger charge is -2.29. The number of hydrogen-bond acceptors (Lipinski definition) is 5. The second-order valence-corrected chi connectivity index (χ2v) is 8.40. The molecule has 3 aliphatic rings. The molecule has 0 saturated carbocycles. The standard InChI is InChI=1S/C22H28N4O4/c1-3-5-11-26-19(28)16-14(9-10-15(23)27)25-22(17(16)20(26)29)13-8-6-7-12(4-2)18(13)24-21(22)30/h6-8,14,16-17,25H,3-5,9-11H2,1-2H3,(H2,23,27)(H,24,30). The quantitative estimate of drug-likeness (QED) is 0.578. The molecule has 2 saturated heterocycles. The molecule has 0 aliphatic carbocycles. The van der Waals surface area contributed by atoms with E-state index in [-0.39, 0.29) is 24.1 Å². The van der Waals surface area contributed by atoms with E-state index in [2.05, 4.69) is 10.6 Å². The Bertz CT molecular complexity index is 930. The van der Waals surface area contributed by atoms with Crippen molar-refractivity contribution in [2.24, 2.45) is 17.6 Å². The summed E-state index contributed by atoms with van der Waals surface area (Å²) in [6.45, 7) is 4.35. The van der Waals surface area contributed by atoms with Crippen LogP contribution in [-0.2, 0) is 31.1 Å². The third-order valence-electron chi connectivity index (χ3n) is 6.75. The minimum atomic E-state index is -1.30. The van der Waals surface area contributed by atoms with E-state index in [9.17, 15) is 19.2 Å². The van der Waals surface area contributed by atoms with Gasteiger partial charge in [-0.3, -0.25) is 29.4 Å². The summed E-state index contributed by atoms with van der Waals surface area (Å²) < 4.78 is 0. The summed E-state index contributed by atoms with van der Waals surface area (Å²) in [4.78, 5) is 52.8. The summed E-state index contributed by atoms with van der Waals surface area (Å²) in [6.07, 6.45) is 2.68. The molecule has 4 amide bonds. The van der Waals surface area contributed by atoms with E-state index >= 15 is 0 Å². The summed E-state index contributed by atoms with van der Waals surface area (Å²) in [5, 5.41) is 6.30. The average molecular weight is 412 g/mol. The molecule has 2 fully saturated rings. The molecule has 3 aliphatic heterocycles. The lowest BCUT2D eigenvalue weighted by Crippen LogP contribution is -2.53. The van der Waals surface area contributed by atoms with E-state index in [0.717, 1.165) is 24.1 Å². The van der Waals surface area contributed by atoms with Crippen molar-refractivity contribution in [1.82, 2.24) is 10.2 Å². The number of amides is 4. The molecule has 4 N–H and O–H groups in total. The number of benzene rings is 1. The maximum absolute atomic E-state index is 13.5. The Morgan fingerprint density at radius 2 is 1.97 bits per heavy atom. The van der Waals surface area contributed by atoms with Crippen LogP contribution in [0.5, 0.6) is 0 Å². The summed E-state index contributed by atoms with van der Waals surface area (Å²) in [5.74, 6) is -2.86. The number of hydrogen-bond donors (Lipinski definition) is 3. The largest absolute Gasteiger partial charge is 0.370 e. The van der Waals surface area contributed by atoms with Gasteiger partial charge in [-0.25, -0.2) is 0 Å². The van der Waals surface area contributed by atoms with Crippen molar-refractivity contribution in [1.29, 1.82) is 0 Å². The number of imide groups is 1. The molecule has 1 aromatic carbocycles. The highest BCUT2D eigenvalue weighted by Crippen LogP contribution is 2.54. The van der Waals surface area contributed by atoms with Crippen LogP contribution in [0.15, 0.2) is 18.2 Å². The van der Waals surface area contributed by atoms with Crippen LogP contribution in [0, 0.1) is 11.8 Å². The van der Waals surface area contributed by atoms with Gasteiger partial charge < -0.3 is 11.1 Å². The number of unbranched alkanes of at least 4 members (excludes halogenated alkanes) is 1. The molecule has 0 bridgehead atoms. The van der Waals surface area contributed by atoms with Crippen LogP contribution < -0.4 is 16.4 Å². The average Bonchev–Trinajstić information content (AvgIpc) is 3.30. The van der Waals surface area contributed by atoms with Crippen molar-refractivity contribution < 1.29 is 19.2 Å². The molecule has 3 heterocycles. The molecule has 4 rings (SSSR count). The number of rotatable bonds is 7. The summed E-state index contributed by atoms with van der Waals surface area (Å²) in [5.41, 5.74) is 6.45. The van der Waals surface area contributed by atoms with Gasteiger partial charge in [0.2, 0.25) is 23.6 Å². The van der Waals surface area contributed by atoms with Crippen molar-refractivity contribution >= 4 is 29.3 Å². The van der Waals surface area contributed by atoms with E-state index in [1.54, 1.807) is 0 Å². The molecule has 160 valence electrons. The van der Waals surface area contributed by atoms with E-state index in [0.29, 0.717) is 24.9 Å². The molecule has 8 heteroatoms. The van der Waals surface area contributed by atoms with Gasteiger partial charge in [0.1, 0.15) is 5.54 Å². The summed E-state index contributed by atoms with van der Waals surface area (Å²) in [6, 6.07) is 5.19. The number of nitrogens with zero attached hydrogens (tertiary/aromatic N) is 1. The fraction of sp³-hybridized carbons (Fsp3) is 0.545. The van der Waals surface area contributed by atoms with Gasteiger partial charge in [-0.1, -0.05) is 38.5 Å². The predicted octanol–water partition coefficient (Wildman–Crippen LogP) is 1.04. The fourth-order valence-corrected chi connectivity index (χ4v) is 5.33. The number of anilines is 1. The fourth-order valence-electron chi connectivity index (χ4n) is 5.33. The molecule has 1 aromatic rings. The van der Waals surface area contributed by atoms with Crippen LogP contribution >= 0.6 is 0 Å². The lowest BCUT2D eigenvalue weighted by atomic mass is 9.76. The van der Waals surface area contributed by atoms with Gasteiger partial charge in [0.15, 0.2) is 0 Å². The highest BCUT2D eigenvalue weighted by molar-refractivity contribution is 6.15. The van der Waals surface area contributed by atoms with Gasteiger partial charge in [0.25, 0.3) is 0 Å². The maximum atomic E-state index is 13.5. The molecule has 4 unspecified atom stereocenters. The first-order chi connectivity index (χ1) is 14.4. The zero-order chi connectivity index (χ0) is 21.6.